The molecule has 1 amide bonds. The van der Waals surface area contributed by atoms with Crippen molar-refractivity contribution in [2.75, 3.05) is 68.9 Å². The number of nitrogens with two attached hydrogens (primary N) is 1. The molecule has 0 saturated carbocycles. The van der Waals surface area contributed by atoms with Gasteiger partial charge in [-0.3, -0.25) is 9.89 Å². The number of anilines is 3. The Labute approximate surface area is 236 Å². The Morgan fingerprint density at radius 3 is 2.58 bits per heavy atom. The van der Waals surface area contributed by atoms with Gasteiger partial charge >= 0.3 is 0 Å². The van der Waals surface area contributed by atoms with E-state index in [4.69, 9.17) is 27.3 Å². The second-order valence-corrected chi connectivity index (χ2v) is 11.0. The fourth-order valence-corrected chi connectivity index (χ4v) is 5.84. The molecule has 6 rings (SSSR count). The second kappa shape index (κ2) is 9.90. The molecule has 12 heteroatoms. The van der Waals surface area contributed by atoms with E-state index in [-0.39, 0.29) is 27.8 Å². The van der Waals surface area contributed by atoms with Gasteiger partial charge in [-0.25, -0.2) is 9.37 Å². The molecule has 0 unspecified atom stereocenters. The average molecular weight is 564 g/mol. The van der Waals surface area contributed by atoms with E-state index in [1.807, 2.05) is 33.2 Å². The highest BCUT2D eigenvalue weighted by molar-refractivity contribution is 6.35. The topological polar surface area (TPSA) is 111 Å². The molecule has 208 valence electrons. The van der Waals surface area contributed by atoms with Crippen LogP contribution in [0, 0.1) is 12.7 Å². The highest BCUT2D eigenvalue weighted by Gasteiger charge is 2.33. The van der Waals surface area contributed by atoms with Gasteiger partial charge in [0.1, 0.15) is 11.3 Å². The fraction of sp³-hybridized carbons (Fsp3) is 0.357. The molecule has 10 nitrogen and oxygen atoms in total. The van der Waals surface area contributed by atoms with Crippen molar-refractivity contribution in [2.24, 2.45) is 0 Å². The summed E-state index contributed by atoms with van der Waals surface area (Å²) in [6.45, 7) is 9.06. The normalized spacial score (nSPS) is 16.3. The number of amides is 1. The van der Waals surface area contributed by atoms with Gasteiger partial charge in [0.25, 0.3) is 0 Å². The number of carbonyl (C=O) groups excluding carboxylic acids is 1. The summed E-state index contributed by atoms with van der Waals surface area (Å²) >= 11 is 6.86. The summed E-state index contributed by atoms with van der Waals surface area (Å²) in [6, 6.07) is 5.86. The van der Waals surface area contributed by atoms with Crippen LogP contribution in [-0.2, 0) is 4.79 Å². The van der Waals surface area contributed by atoms with E-state index in [1.165, 1.54) is 6.08 Å². The third kappa shape index (κ3) is 4.20. The van der Waals surface area contributed by atoms with Crippen LogP contribution in [0.5, 0.6) is 0 Å². The number of aromatic amines is 1. The maximum absolute atomic E-state index is 16.7. The number of nitrogens with one attached hydrogen (secondary N) is 1. The van der Waals surface area contributed by atoms with E-state index in [2.05, 4.69) is 31.5 Å². The lowest BCUT2D eigenvalue weighted by molar-refractivity contribution is -0.126. The van der Waals surface area contributed by atoms with Gasteiger partial charge in [0.15, 0.2) is 11.6 Å². The lowest BCUT2D eigenvalue weighted by Crippen LogP contribution is -2.58. The number of carbonyl (C=O) groups is 1. The number of benzene rings is 2. The maximum Gasteiger partial charge on any atom is 0.246 e. The third-order valence-electron chi connectivity index (χ3n) is 8.01. The summed E-state index contributed by atoms with van der Waals surface area (Å²) in [6.07, 6.45) is 1.32. The molecule has 2 aliphatic heterocycles. The standard InChI is InChI=1S/C28H31ClFN9O/c1-5-20(40)37-8-10-38(11-9-37)27-17-12-18(29)22(21-15(2)6-7-19-23(21)26(31)35-34-19)24(30)25(17)32-28(33-27)39-13-16(14-39)36(3)4/h5-7,12,16H,1,8-11,13-14H2,2-4H3,(H3,31,34,35). The maximum atomic E-state index is 16.7. The van der Waals surface area contributed by atoms with Gasteiger partial charge in [0.05, 0.1) is 15.9 Å². The molecule has 2 fully saturated rings. The highest BCUT2D eigenvalue weighted by Crippen LogP contribution is 2.43. The van der Waals surface area contributed by atoms with Crippen molar-refractivity contribution in [3.8, 4) is 11.1 Å². The van der Waals surface area contributed by atoms with Crippen LogP contribution < -0.4 is 15.5 Å². The molecule has 2 aliphatic rings. The Hall–Kier alpha value is -3.96. The van der Waals surface area contributed by atoms with Gasteiger partial charge in [0.2, 0.25) is 11.9 Å². The van der Waals surface area contributed by atoms with Crippen LogP contribution in [0.3, 0.4) is 0 Å². The predicted octanol–water partition coefficient (Wildman–Crippen LogP) is 3.44. The van der Waals surface area contributed by atoms with Crippen molar-refractivity contribution in [3.05, 3.63) is 47.3 Å². The number of likely N-dealkylation sites (N-methyl/N-ethyl adjacent to an activating group) is 1. The van der Waals surface area contributed by atoms with Crippen LogP contribution >= 0.6 is 11.6 Å². The molecule has 0 atom stereocenters. The number of nitrogen functional groups attached to an aromatic ring is 1. The van der Waals surface area contributed by atoms with Crippen LogP contribution in [0.2, 0.25) is 5.02 Å². The first-order valence-electron chi connectivity index (χ1n) is 13.2. The summed E-state index contributed by atoms with van der Waals surface area (Å²) in [7, 11) is 4.08. The molecule has 2 aromatic carbocycles. The smallest absolute Gasteiger partial charge is 0.246 e. The lowest BCUT2D eigenvalue weighted by atomic mass is 9.94. The fourth-order valence-electron chi connectivity index (χ4n) is 5.56. The zero-order valence-electron chi connectivity index (χ0n) is 22.7. The van der Waals surface area contributed by atoms with Gasteiger partial charge in [-0.15, -0.1) is 0 Å². The second-order valence-electron chi connectivity index (χ2n) is 10.6. The molecule has 2 aromatic heterocycles. The molecule has 0 aliphatic carbocycles. The largest absolute Gasteiger partial charge is 0.382 e. The summed E-state index contributed by atoms with van der Waals surface area (Å²) in [5.41, 5.74) is 8.72. The molecule has 4 heterocycles. The van der Waals surface area contributed by atoms with E-state index in [1.54, 1.807) is 11.0 Å². The van der Waals surface area contributed by atoms with Crippen molar-refractivity contribution in [1.82, 2.24) is 30.0 Å². The van der Waals surface area contributed by atoms with E-state index < -0.39 is 5.82 Å². The first-order valence-corrected chi connectivity index (χ1v) is 13.6. The highest BCUT2D eigenvalue weighted by atomic mass is 35.5. The van der Waals surface area contributed by atoms with Crippen LogP contribution in [0.4, 0.5) is 22.0 Å². The lowest BCUT2D eigenvalue weighted by Gasteiger charge is -2.43. The Balaban J connectivity index is 1.52. The molecule has 0 spiro atoms. The summed E-state index contributed by atoms with van der Waals surface area (Å²) in [5, 5.41) is 8.41. The van der Waals surface area contributed by atoms with E-state index in [9.17, 15) is 4.79 Å². The minimum atomic E-state index is -0.534. The monoisotopic (exact) mass is 563 g/mol. The summed E-state index contributed by atoms with van der Waals surface area (Å²) < 4.78 is 16.7. The van der Waals surface area contributed by atoms with Gasteiger partial charge in [-0.05, 0) is 44.8 Å². The third-order valence-corrected chi connectivity index (χ3v) is 8.31. The average Bonchev–Trinajstić information content (AvgIpc) is 3.29. The summed E-state index contributed by atoms with van der Waals surface area (Å²) in [5.74, 6) is 0.702. The number of fused-ring (bicyclic) bond motifs is 2. The molecule has 4 aromatic rings. The van der Waals surface area contributed by atoms with Gasteiger partial charge < -0.3 is 25.3 Å². The molecule has 0 bridgehead atoms. The van der Waals surface area contributed by atoms with E-state index in [0.717, 1.165) is 18.7 Å². The number of aryl methyl sites for hydroxylation is 1. The molecular formula is C28H31ClFN9O. The van der Waals surface area contributed by atoms with E-state index in [0.29, 0.717) is 65.8 Å². The first-order chi connectivity index (χ1) is 19.2. The molecule has 0 radical (unpaired) electrons. The van der Waals surface area contributed by atoms with Crippen molar-refractivity contribution < 1.29 is 9.18 Å². The minimum Gasteiger partial charge on any atom is -0.382 e. The van der Waals surface area contributed by atoms with Gasteiger partial charge in [-0.2, -0.15) is 10.1 Å². The predicted molar refractivity (Wildman–Crippen MR) is 157 cm³/mol. The van der Waals surface area contributed by atoms with Crippen molar-refractivity contribution >= 4 is 56.9 Å². The zero-order valence-corrected chi connectivity index (χ0v) is 23.5. The van der Waals surface area contributed by atoms with Crippen molar-refractivity contribution in [2.45, 2.75) is 13.0 Å². The van der Waals surface area contributed by atoms with Crippen molar-refractivity contribution in [3.63, 3.8) is 0 Å². The van der Waals surface area contributed by atoms with Crippen LogP contribution in [0.15, 0.2) is 30.9 Å². The number of aromatic nitrogens is 4. The Kier molecular flexibility index (Phi) is 6.50. The molecular weight excluding hydrogens is 533 g/mol. The number of H-pyrrole nitrogens is 1. The number of piperazine rings is 1. The Bertz CT molecular complexity index is 1660. The Morgan fingerprint density at radius 2 is 1.90 bits per heavy atom. The molecule has 3 N–H and O–H groups in total. The molecule has 40 heavy (non-hydrogen) atoms. The number of halogens is 2. The number of rotatable bonds is 5. The molecule has 2 saturated heterocycles. The first kappa shape index (κ1) is 26.3. The number of hydrogen-bond donors (Lipinski definition) is 2. The Morgan fingerprint density at radius 1 is 1.18 bits per heavy atom. The van der Waals surface area contributed by atoms with Crippen LogP contribution in [-0.4, -0.2) is 95.3 Å². The zero-order chi connectivity index (χ0) is 28.3. The van der Waals surface area contributed by atoms with Gasteiger partial charge in [0, 0.05) is 61.8 Å². The number of nitrogens with zero attached hydrogens (tertiary/aromatic N) is 7. The SMILES string of the molecule is C=CC(=O)N1CCN(c2nc(N3CC(N(C)C)C3)nc3c(F)c(-c4c(C)ccc5[nH]nc(N)c45)c(Cl)cc23)CC1. The number of hydrogen-bond acceptors (Lipinski definition) is 8. The quantitative estimate of drug-likeness (QED) is 0.355. The van der Waals surface area contributed by atoms with E-state index >= 15 is 4.39 Å². The van der Waals surface area contributed by atoms with Crippen LogP contribution in [0.1, 0.15) is 5.56 Å². The van der Waals surface area contributed by atoms with Crippen molar-refractivity contribution in [1.29, 1.82) is 0 Å². The summed E-state index contributed by atoms with van der Waals surface area (Å²) in [4.78, 5) is 29.9. The van der Waals surface area contributed by atoms with Crippen LogP contribution in [0.25, 0.3) is 32.9 Å². The minimum absolute atomic E-state index is 0.106. The van der Waals surface area contributed by atoms with Gasteiger partial charge in [-0.1, -0.05) is 24.2 Å².